The van der Waals surface area contributed by atoms with Gasteiger partial charge in [0, 0.05) is 55.4 Å². The molecule has 172 valence electrons. The summed E-state index contributed by atoms with van der Waals surface area (Å²) in [5.41, 5.74) is 4.54. The summed E-state index contributed by atoms with van der Waals surface area (Å²) in [6.45, 7) is 9.58. The molecule has 1 saturated heterocycles. The summed E-state index contributed by atoms with van der Waals surface area (Å²) in [6, 6.07) is 11.4. The molecule has 0 aliphatic carbocycles. The molecule has 0 saturated carbocycles. The molecular weight excluding hydrogens is 416 g/mol. The summed E-state index contributed by atoms with van der Waals surface area (Å²) in [5.74, 6) is 1.43. The van der Waals surface area contributed by atoms with Gasteiger partial charge in [-0.2, -0.15) is 0 Å². The second-order valence-corrected chi connectivity index (χ2v) is 8.40. The Kier molecular flexibility index (Phi) is 6.84. The normalized spacial score (nSPS) is 14.3. The van der Waals surface area contributed by atoms with Crippen molar-refractivity contribution in [1.82, 2.24) is 19.9 Å². The molecule has 3 heterocycles. The summed E-state index contributed by atoms with van der Waals surface area (Å²) in [7, 11) is 0. The van der Waals surface area contributed by atoms with Crippen LogP contribution in [0.1, 0.15) is 23.7 Å². The third-order valence-corrected chi connectivity index (χ3v) is 6.12. The molecule has 1 aliphatic rings. The number of aromatic nitrogens is 3. The number of piperazine rings is 1. The maximum atomic E-state index is 12.5. The Morgan fingerprint density at radius 3 is 2.61 bits per heavy atom. The largest absolute Gasteiger partial charge is 0.354 e. The first-order valence-electron chi connectivity index (χ1n) is 11.3. The summed E-state index contributed by atoms with van der Waals surface area (Å²) >= 11 is 0. The quantitative estimate of drug-likeness (QED) is 0.605. The van der Waals surface area contributed by atoms with Gasteiger partial charge in [0.2, 0.25) is 5.91 Å². The average Bonchev–Trinajstić information content (AvgIpc) is 2.82. The smallest absolute Gasteiger partial charge is 0.251 e. The second kappa shape index (κ2) is 9.95. The van der Waals surface area contributed by atoms with E-state index in [1.807, 2.05) is 51.1 Å². The third kappa shape index (κ3) is 5.46. The van der Waals surface area contributed by atoms with Crippen LogP contribution in [0.15, 0.2) is 47.4 Å². The van der Waals surface area contributed by atoms with Gasteiger partial charge in [-0.15, -0.1) is 0 Å². The van der Waals surface area contributed by atoms with Crippen LogP contribution in [-0.4, -0.2) is 58.5 Å². The van der Waals surface area contributed by atoms with Crippen LogP contribution in [0.3, 0.4) is 0 Å². The molecule has 8 nitrogen and oxygen atoms in total. The van der Waals surface area contributed by atoms with E-state index in [4.69, 9.17) is 0 Å². The predicted octanol–water partition coefficient (Wildman–Crippen LogP) is 2.77. The lowest BCUT2D eigenvalue weighted by molar-refractivity contribution is -0.117. The molecule has 0 bridgehead atoms. The van der Waals surface area contributed by atoms with E-state index in [1.54, 1.807) is 6.20 Å². The Balaban J connectivity index is 1.32. The maximum Gasteiger partial charge on any atom is 0.251 e. The number of amides is 1. The van der Waals surface area contributed by atoms with E-state index < -0.39 is 0 Å². The number of carbonyl (C=O) groups excluding carboxylic acids is 1. The highest BCUT2D eigenvalue weighted by atomic mass is 16.2. The fourth-order valence-corrected chi connectivity index (χ4v) is 3.95. The van der Waals surface area contributed by atoms with Crippen molar-refractivity contribution in [2.75, 3.05) is 42.9 Å². The minimum Gasteiger partial charge on any atom is -0.354 e. The minimum absolute atomic E-state index is 0.00966. The topological polar surface area (TPSA) is 94.2 Å². The minimum atomic E-state index is -0.154. The van der Waals surface area contributed by atoms with Gasteiger partial charge in [-0.25, -0.2) is 9.97 Å². The molecule has 0 unspecified atom stereocenters. The summed E-state index contributed by atoms with van der Waals surface area (Å²) in [4.78, 5) is 40.6. The van der Waals surface area contributed by atoms with Gasteiger partial charge in [-0.05, 0) is 49.6 Å². The highest BCUT2D eigenvalue weighted by molar-refractivity contribution is 5.93. The number of pyridine rings is 1. The summed E-state index contributed by atoms with van der Waals surface area (Å²) in [6.07, 6.45) is 2.45. The molecular formula is C25H30N6O2. The van der Waals surface area contributed by atoms with Gasteiger partial charge < -0.3 is 15.2 Å². The van der Waals surface area contributed by atoms with E-state index >= 15 is 0 Å². The molecule has 0 radical (unpaired) electrons. The van der Waals surface area contributed by atoms with Crippen molar-refractivity contribution in [1.29, 1.82) is 0 Å². The highest BCUT2D eigenvalue weighted by Gasteiger charge is 2.20. The van der Waals surface area contributed by atoms with E-state index in [1.165, 1.54) is 11.6 Å². The first-order chi connectivity index (χ1) is 15.9. The van der Waals surface area contributed by atoms with Gasteiger partial charge in [0.1, 0.15) is 11.6 Å². The Bertz CT molecular complexity index is 1180. The number of hydrogen-bond acceptors (Lipinski definition) is 6. The van der Waals surface area contributed by atoms with Crippen LogP contribution in [0.5, 0.6) is 0 Å². The zero-order valence-corrected chi connectivity index (χ0v) is 19.4. The Morgan fingerprint density at radius 2 is 1.91 bits per heavy atom. The number of aryl methyl sites for hydroxylation is 2. The molecule has 1 aromatic carbocycles. The molecule has 4 rings (SSSR count). The van der Waals surface area contributed by atoms with Gasteiger partial charge in [-0.3, -0.25) is 14.5 Å². The monoisotopic (exact) mass is 446 g/mol. The van der Waals surface area contributed by atoms with Crippen LogP contribution >= 0.6 is 0 Å². The Hall–Kier alpha value is -3.52. The molecule has 1 fully saturated rings. The van der Waals surface area contributed by atoms with E-state index in [-0.39, 0.29) is 11.5 Å². The van der Waals surface area contributed by atoms with Gasteiger partial charge in [0.25, 0.3) is 5.56 Å². The number of nitrogens with zero attached hydrogens (tertiary/aromatic N) is 4. The number of nitrogens with one attached hydrogen (secondary N) is 2. The summed E-state index contributed by atoms with van der Waals surface area (Å²) in [5, 5.41) is 3.04. The number of carbonyl (C=O) groups is 1. The van der Waals surface area contributed by atoms with Gasteiger partial charge in [0.05, 0.1) is 6.54 Å². The van der Waals surface area contributed by atoms with Crippen LogP contribution in [0.2, 0.25) is 0 Å². The van der Waals surface area contributed by atoms with Crippen molar-refractivity contribution in [3.8, 4) is 11.4 Å². The lowest BCUT2D eigenvalue weighted by atomic mass is 10.1. The molecule has 1 aliphatic heterocycles. The van der Waals surface area contributed by atoms with E-state index in [0.717, 1.165) is 54.5 Å². The Labute approximate surface area is 193 Å². The van der Waals surface area contributed by atoms with Crippen LogP contribution in [-0.2, 0) is 11.2 Å². The van der Waals surface area contributed by atoms with E-state index in [9.17, 15) is 9.59 Å². The molecule has 0 spiro atoms. The van der Waals surface area contributed by atoms with Crippen LogP contribution in [0.4, 0.5) is 11.5 Å². The number of rotatable bonds is 6. The lowest BCUT2D eigenvalue weighted by Crippen LogP contribution is -2.48. The SMILES string of the molecule is CCc1cc(=O)[nH]c(-c2ccc(N3CCN(CC(=O)Nc4cccc(C)c4C)CC3)nc2)n1. The first kappa shape index (κ1) is 22.7. The number of H-pyrrole nitrogens is 1. The fraction of sp³-hybridized carbons (Fsp3) is 0.360. The fourth-order valence-electron chi connectivity index (χ4n) is 3.95. The zero-order chi connectivity index (χ0) is 23.4. The molecule has 8 heteroatoms. The first-order valence-corrected chi connectivity index (χ1v) is 11.3. The van der Waals surface area contributed by atoms with Crippen LogP contribution in [0, 0.1) is 13.8 Å². The molecule has 1 amide bonds. The third-order valence-electron chi connectivity index (χ3n) is 6.12. The van der Waals surface area contributed by atoms with Crippen molar-refractivity contribution in [3.05, 3.63) is 69.8 Å². The molecule has 2 aromatic heterocycles. The van der Waals surface area contributed by atoms with Crippen molar-refractivity contribution in [2.24, 2.45) is 0 Å². The van der Waals surface area contributed by atoms with E-state index in [0.29, 0.717) is 18.8 Å². The number of aromatic amines is 1. The molecule has 3 aromatic rings. The second-order valence-electron chi connectivity index (χ2n) is 8.40. The van der Waals surface area contributed by atoms with Gasteiger partial charge >= 0.3 is 0 Å². The molecule has 33 heavy (non-hydrogen) atoms. The average molecular weight is 447 g/mol. The van der Waals surface area contributed by atoms with Gasteiger partial charge in [0.15, 0.2) is 0 Å². The number of benzene rings is 1. The highest BCUT2D eigenvalue weighted by Crippen LogP contribution is 2.20. The summed E-state index contributed by atoms with van der Waals surface area (Å²) < 4.78 is 0. The van der Waals surface area contributed by atoms with Gasteiger partial charge in [-0.1, -0.05) is 19.1 Å². The van der Waals surface area contributed by atoms with Crippen molar-refractivity contribution in [2.45, 2.75) is 27.2 Å². The van der Waals surface area contributed by atoms with Crippen molar-refractivity contribution in [3.63, 3.8) is 0 Å². The number of hydrogen-bond donors (Lipinski definition) is 2. The molecule has 2 N–H and O–H groups in total. The predicted molar refractivity (Wildman–Crippen MR) is 131 cm³/mol. The van der Waals surface area contributed by atoms with E-state index in [2.05, 4.69) is 30.1 Å². The Morgan fingerprint density at radius 1 is 1.12 bits per heavy atom. The van der Waals surface area contributed by atoms with Crippen molar-refractivity contribution < 1.29 is 4.79 Å². The van der Waals surface area contributed by atoms with Crippen LogP contribution < -0.4 is 15.8 Å². The standard InChI is InChI=1S/C25H30N6O2/c1-4-20-14-23(32)29-25(27-20)19-8-9-22(26-15-19)31-12-10-30(11-13-31)16-24(33)28-21-7-5-6-17(2)18(21)3/h5-9,14-15H,4,10-13,16H2,1-3H3,(H,28,33)(H,27,29,32). The number of anilines is 2. The maximum absolute atomic E-state index is 12.5. The van der Waals surface area contributed by atoms with Crippen molar-refractivity contribution >= 4 is 17.4 Å². The zero-order valence-electron chi connectivity index (χ0n) is 19.4. The molecule has 0 atom stereocenters. The lowest BCUT2D eigenvalue weighted by Gasteiger charge is -2.35. The van der Waals surface area contributed by atoms with Crippen LogP contribution in [0.25, 0.3) is 11.4 Å².